The van der Waals surface area contributed by atoms with E-state index >= 15 is 4.39 Å². The van der Waals surface area contributed by atoms with Gasteiger partial charge in [0.2, 0.25) is 0 Å². The first kappa shape index (κ1) is 29.4. The summed E-state index contributed by atoms with van der Waals surface area (Å²) in [5.41, 5.74) is 7.80. The third-order valence-corrected chi connectivity index (χ3v) is 8.91. The van der Waals surface area contributed by atoms with Crippen LogP contribution >= 0.6 is 0 Å². The summed E-state index contributed by atoms with van der Waals surface area (Å²) < 4.78 is 37.9. The number of nitrogens with zero attached hydrogens (tertiary/aromatic N) is 3. The fraction of sp³-hybridized carbons (Fsp3) is 0.486. The summed E-state index contributed by atoms with van der Waals surface area (Å²) in [4.78, 5) is 13.6. The Morgan fingerprint density at radius 2 is 1.93 bits per heavy atom. The molecule has 0 N–H and O–H groups in total. The van der Waals surface area contributed by atoms with Crippen molar-refractivity contribution in [3.05, 3.63) is 69.9 Å². The van der Waals surface area contributed by atoms with Crippen molar-refractivity contribution in [2.45, 2.75) is 84.8 Å². The molecule has 7 nitrogen and oxygen atoms in total. The minimum atomic E-state index is -0.369. The number of hydrogen-bond donors (Lipinski definition) is 0. The van der Waals surface area contributed by atoms with E-state index in [1.165, 1.54) is 30.0 Å². The quantitative estimate of drug-likeness (QED) is 0.162. The first-order valence-electron chi connectivity index (χ1n) is 15.9. The highest BCUT2D eigenvalue weighted by Crippen LogP contribution is 2.41. The summed E-state index contributed by atoms with van der Waals surface area (Å²) in [5.74, 6) is 0.280. The lowest BCUT2D eigenvalue weighted by Crippen LogP contribution is -2.15. The summed E-state index contributed by atoms with van der Waals surface area (Å²) in [7, 11) is 1.90. The molecule has 2 aromatic carbocycles. The van der Waals surface area contributed by atoms with Gasteiger partial charge in [0.05, 0.1) is 31.0 Å². The minimum Gasteiger partial charge on any atom is -0.493 e. The highest BCUT2D eigenvalue weighted by atomic mass is 19.1. The summed E-state index contributed by atoms with van der Waals surface area (Å²) in [6, 6.07) is 9.72. The molecule has 0 bridgehead atoms. The van der Waals surface area contributed by atoms with Crippen LogP contribution in [0.1, 0.15) is 84.5 Å². The number of halogens is 1. The van der Waals surface area contributed by atoms with Gasteiger partial charge in [-0.25, -0.2) is 9.18 Å². The smallest absolute Gasteiger partial charge is 0.355 e. The normalized spacial score (nSPS) is 15.1. The first-order chi connectivity index (χ1) is 21.0. The van der Waals surface area contributed by atoms with Gasteiger partial charge in [-0.15, -0.1) is 0 Å². The van der Waals surface area contributed by atoms with Gasteiger partial charge < -0.3 is 18.8 Å². The molecule has 0 radical (unpaired) electrons. The maximum absolute atomic E-state index is 16.1. The molecule has 4 aromatic rings. The topological polar surface area (TPSA) is 67.5 Å². The van der Waals surface area contributed by atoms with Crippen molar-refractivity contribution in [2.24, 2.45) is 7.05 Å². The number of carbonyl (C=O) groups excluding carboxylic acids is 1. The Morgan fingerprint density at radius 1 is 1.07 bits per heavy atom. The number of esters is 1. The molecule has 43 heavy (non-hydrogen) atoms. The predicted molar refractivity (Wildman–Crippen MR) is 165 cm³/mol. The van der Waals surface area contributed by atoms with Crippen molar-refractivity contribution in [2.75, 3.05) is 19.8 Å². The lowest BCUT2D eigenvalue weighted by molar-refractivity contribution is 0.0512. The Balaban J connectivity index is 1.44. The maximum Gasteiger partial charge on any atom is 0.355 e. The van der Waals surface area contributed by atoms with Gasteiger partial charge in [0.1, 0.15) is 17.3 Å². The Bertz CT molecular complexity index is 1640. The predicted octanol–water partition coefficient (Wildman–Crippen LogP) is 7.12. The Morgan fingerprint density at radius 3 is 2.77 bits per heavy atom. The van der Waals surface area contributed by atoms with Crippen LogP contribution in [-0.2, 0) is 55.4 Å². The molecule has 0 atom stereocenters. The van der Waals surface area contributed by atoms with Crippen molar-refractivity contribution < 1.29 is 23.4 Å². The molecule has 0 amide bonds. The van der Waals surface area contributed by atoms with Gasteiger partial charge in [-0.05, 0) is 99.6 Å². The van der Waals surface area contributed by atoms with Gasteiger partial charge in [-0.1, -0.05) is 19.1 Å². The lowest BCUT2D eigenvalue weighted by Gasteiger charge is -2.19. The lowest BCUT2D eigenvalue weighted by atomic mass is 9.91. The van der Waals surface area contributed by atoms with Gasteiger partial charge >= 0.3 is 5.97 Å². The van der Waals surface area contributed by atoms with Crippen molar-refractivity contribution in [1.29, 1.82) is 0 Å². The summed E-state index contributed by atoms with van der Waals surface area (Å²) in [6.07, 6.45) is 8.22. The molecule has 0 saturated carbocycles. The van der Waals surface area contributed by atoms with E-state index in [0.29, 0.717) is 56.9 Å². The third-order valence-electron chi connectivity index (χ3n) is 8.91. The standard InChI is InChI=1S/C35H42FN3O4/c1-4-29-32-28(37-38(29)3)22-41-20-9-8-19-39-33-26(17-18-27(36)31(32)33)25(34(39)35(40)42-5-2)15-11-21-43-30-16-10-13-23-12-6-7-14-24(23)30/h10,13,16-18H,4-9,11-12,14-15,19-22H2,1-3H3. The van der Waals surface area contributed by atoms with Gasteiger partial charge in [0.15, 0.2) is 0 Å². The van der Waals surface area contributed by atoms with E-state index in [0.717, 1.165) is 64.9 Å². The number of benzene rings is 2. The zero-order valence-electron chi connectivity index (χ0n) is 25.6. The molecule has 0 saturated heterocycles. The fourth-order valence-electron chi connectivity index (χ4n) is 7.01. The third kappa shape index (κ3) is 5.57. The SMILES string of the molecule is CCOC(=O)c1c(CCCOc2cccc3c2CCCC3)c2ccc(F)c3c2n1CCCCOCc1nn(C)c(CC)c1-3. The maximum atomic E-state index is 16.1. The molecule has 3 heterocycles. The molecule has 0 unspecified atom stereocenters. The van der Waals surface area contributed by atoms with Crippen LogP contribution in [0.3, 0.4) is 0 Å². The molecule has 0 fully saturated rings. The second-order valence-electron chi connectivity index (χ2n) is 11.6. The van der Waals surface area contributed by atoms with Gasteiger partial charge in [-0.2, -0.15) is 5.10 Å². The molecular formula is C35H42FN3O4. The zero-order chi connectivity index (χ0) is 29.9. The van der Waals surface area contributed by atoms with E-state index in [1.54, 1.807) is 0 Å². The highest BCUT2D eigenvalue weighted by Gasteiger charge is 2.30. The second kappa shape index (κ2) is 12.9. The van der Waals surface area contributed by atoms with Gasteiger partial charge in [0, 0.05) is 42.4 Å². The molecule has 8 heteroatoms. The first-order valence-corrected chi connectivity index (χ1v) is 15.9. The minimum absolute atomic E-state index is 0.268. The number of ether oxygens (including phenoxy) is 3. The molecular weight excluding hydrogens is 545 g/mol. The van der Waals surface area contributed by atoms with Crippen molar-refractivity contribution in [3.8, 4) is 16.9 Å². The second-order valence-corrected chi connectivity index (χ2v) is 11.6. The van der Waals surface area contributed by atoms with Crippen LogP contribution < -0.4 is 4.74 Å². The number of hydrogen-bond acceptors (Lipinski definition) is 5. The Hall–Kier alpha value is -3.65. The number of aromatic nitrogens is 3. The van der Waals surface area contributed by atoms with Crippen molar-refractivity contribution in [3.63, 3.8) is 0 Å². The average molecular weight is 588 g/mol. The van der Waals surface area contributed by atoms with Gasteiger partial charge in [0.25, 0.3) is 0 Å². The van der Waals surface area contributed by atoms with Crippen LogP contribution in [0.2, 0.25) is 0 Å². The van der Waals surface area contributed by atoms with E-state index in [1.807, 2.05) is 29.3 Å². The summed E-state index contributed by atoms with van der Waals surface area (Å²) >= 11 is 0. The zero-order valence-corrected chi connectivity index (χ0v) is 25.6. The van der Waals surface area contributed by atoms with Crippen LogP contribution in [0.5, 0.6) is 5.75 Å². The number of rotatable bonds is 8. The summed E-state index contributed by atoms with van der Waals surface area (Å²) in [5, 5.41) is 5.63. The van der Waals surface area contributed by atoms with E-state index in [-0.39, 0.29) is 18.4 Å². The monoisotopic (exact) mass is 587 g/mol. The molecule has 1 aliphatic carbocycles. The average Bonchev–Trinajstić information content (AvgIpc) is 3.49. The van der Waals surface area contributed by atoms with E-state index in [2.05, 4.69) is 25.1 Å². The van der Waals surface area contributed by atoms with Crippen LogP contribution in [0.15, 0.2) is 30.3 Å². The molecule has 1 aliphatic heterocycles. The molecule has 0 spiro atoms. The number of fused-ring (bicyclic) bond motifs is 3. The van der Waals surface area contributed by atoms with Crippen LogP contribution in [0, 0.1) is 5.82 Å². The van der Waals surface area contributed by atoms with Gasteiger partial charge in [-0.3, -0.25) is 4.68 Å². The van der Waals surface area contributed by atoms with Crippen molar-refractivity contribution in [1.82, 2.24) is 14.3 Å². The molecule has 2 aromatic heterocycles. The van der Waals surface area contributed by atoms with Crippen LogP contribution in [0.25, 0.3) is 22.0 Å². The highest BCUT2D eigenvalue weighted by molar-refractivity contribution is 6.05. The summed E-state index contributed by atoms with van der Waals surface area (Å²) in [6.45, 7) is 6.13. The van der Waals surface area contributed by atoms with Crippen molar-refractivity contribution >= 4 is 16.9 Å². The van der Waals surface area contributed by atoms with Crippen LogP contribution in [0.4, 0.5) is 4.39 Å². The molecule has 2 aliphatic rings. The Kier molecular flexibility index (Phi) is 8.84. The molecule has 228 valence electrons. The van der Waals surface area contributed by atoms with E-state index in [9.17, 15) is 4.79 Å². The van der Waals surface area contributed by atoms with E-state index in [4.69, 9.17) is 19.3 Å². The fourth-order valence-corrected chi connectivity index (χ4v) is 7.01. The largest absolute Gasteiger partial charge is 0.493 e. The number of carbonyl (C=O) groups is 1. The Labute approximate surface area is 252 Å². The van der Waals surface area contributed by atoms with E-state index < -0.39 is 0 Å². The number of aryl methyl sites for hydroxylation is 4. The molecule has 6 rings (SSSR count). The van der Waals surface area contributed by atoms with Crippen LogP contribution in [-0.4, -0.2) is 40.1 Å².